The summed E-state index contributed by atoms with van der Waals surface area (Å²) in [6.45, 7) is 2.87. The Morgan fingerprint density at radius 1 is 1.21 bits per heavy atom. The normalized spacial score (nSPS) is 22.0. The van der Waals surface area contributed by atoms with Crippen LogP contribution in [0.3, 0.4) is 0 Å². The van der Waals surface area contributed by atoms with E-state index in [4.69, 9.17) is 31.7 Å². The SMILES string of the molecule is CN=CC1=C(N)c2ccc(F)cc2[C@@H](C)Oc2cc(cnc2N)C(=NC2COC2)C(=CN)C1. The van der Waals surface area contributed by atoms with E-state index >= 15 is 0 Å². The monoisotopic (exact) mass is 450 g/mol. The van der Waals surface area contributed by atoms with Gasteiger partial charge in [-0.3, -0.25) is 9.98 Å². The number of hydrogen-bond donors (Lipinski definition) is 3. The Morgan fingerprint density at radius 2 is 2.00 bits per heavy atom. The van der Waals surface area contributed by atoms with Gasteiger partial charge in [-0.25, -0.2) is 9.37 Å². The van der Waals surface area contributed by atoms with Crippen LogP contribution in [-0.2, 0) is 4.74 Å². The Labute approximate surface area is 191 Å². The maximum Gasteiger partial charge on any atom is 0.166 e. The molecule has 172 valence electrons. The number of nitrogens with two attached hydrogens (primary N) is 3. The first-order valence-corrected chi connectivity index (χ1v) is 10.6. The number of nitrogens with zero attached hydrogens (tertiary/aromatic N) is 3. The van der Waals surface area contributed by atoms with Crippen LogP contribution in [-0.4, -0.2) is 43.2 Å². The molecular weight excluding hydrogens is 423 g/mol. The molecule has 9 heteroatoms. The Hall–Kier alpha value is -3.72. The van der Waals surface area contributed by atoms with Crippen molar-refractivity contribution in [3.63, 3.8) is 0 Å². The molecule has 2 aliphatic heterocycles. The highest BCUT2D eigenvalue weighted by Gasteiger charge is 2.24. The average Bonchev–Trinajstić information content (AvgIpc) is 2.77. The minimum Gasteiger partial charge on any atom is -0.482 e. The van der Waals surface area contributed by atoms with Crippen LogP contribution in [0.25, 0.3) is 5.70 Å². The van der Waals surface area contributed by atoms with Crippen LogP contribution in [0.15, 0.2) is 57.8 Å². The largest absolute Gasteiger partial charge is 0.482 e. The molecule has 2 aromatic rings. The van der Waals surface area contributed by atoms with Gasteiger partial charge in [0, 0.05) is 48.3 Å². The molecule has 1 saturated heterocycles. The van der Waals surface area contributed by atoms with E-state index < -0.39 is 11.9 Å². The minimum atomic E-state index is -0.558. The number of pyridine rings is 1. The van der Waals surface area contributed by atoms with Crippen molar-refractivity contribution in [3.05, 3.63) is 70.3 Å². The lowest BCUT2D eigenvalue weighted by atomic mass is 9.92. The number of hydrogen-bond acceptors (Lipinski definition) is 8. The zero-order chi connectivity index (χ0) is 23.5. The molecule has 3 heterocycles. The van der Waals surface area contributed by atoms with Gasteiger partial charge < -0.3 is 26.7 Å². The molecule has 2 aliphatic rings. The Kier molecular flexibility index (Phi) is 6.41. The predicted octanol–water partition coefficient (Wildman–Crippen LogP) is 2.75. The van der Waals surface area contributed by atoms with Crippen LogP contribution in [0.1, 0.15) is 36.1 Å². The number of anilines is 1. The van der Waals surface area contributed by atoms with E-state index in [9.17, 15) is 4.39 Å². The standard InChI is InChI=1S/C24H27FN6O2/c1-13-20-7-17(25)3-4-19(20)22(27)15(9-29-2)5-14(8-26)23(31-18-11-32-12-18)16-6-21(33-13)24(28)30-10-16/h3-4,6-10,13,18H,5,11-12,26-27H2,1-2H3,(H2,28,30)/t13-/m1/s1. The topological polar surface area (TPSA) is 134 Å². The maximum atomic E-state index is 14.2. The van der Waals surface area contributed by atoms with Crippen LogP contribution in [0.2, 0.25) is 0 Å². The van der Waals surface area contributed by atoms with Crippen molar-refractivity contribution in [2.24, 2.45) is 21.5 Å². The first kappa shape index (κ1) is 22.5. The van der Waals surface area contributed by atoms with E-state index in [1.54, 1.807) is 31.6 Å². The van der Waals surface area contributed by atoms with E-state index in [0.29, 0.717) is 53.5 Å². The third kappa shape index (κ3) is 4.58. The number of fused-ring (bicyclic) bond motifs is 3. The number of rotatable bonds is 2. The second kappa shape index (κ2) is 9.41. The number of allylic oxidation sites excluding steroid dienone is 2. The third-order valence-corrected chi connectivity index (χ3v) is 5.65. The maximum absolute atomic E-state index is 14.2. The van der Waals surface area contributed by atoms with Crippen molar-refractivity contribution >= 4 is 23.4 Å². The van der Waals surface area contributed by atoms with Crippen LogP contribution in [0, 0.1) is 5.82 Å². The van der Waals surface area contributed by atoms with Crippen molar-refractivity contribution < 1.29 is 13.9 Å². The summed E-state index contributed by atoms with van der Waals surface area (Å²) in [5, 5.41) is 0. The van der Waals surface area contributed by atoms with Gasteiger partial charge in [-0.05, 0) is 48.5 Å². The number of aliphatic imine (C=N–C) groups is 2. The van der Waals surface area contributed by atoms with E-state index in [1.165, 1.54) is 18.3 Å². The fraction of sp³-hybridized carbons (Fsp3) is 0.292. The van der Waals surface area contributed by atoms with Gasteiger partial charge in [0.05, 0.1) is 25.0 Å². The Balaban J connectivity index is 1.97. The number of aromatic nitrogens is 1. The summed E-state index contributed by atoms with van der Waals surface area (Å²) in [4.78, 5) is 13.4. The zero-order valence-electron chi connectivity index (χ0n) is 18.6. The Bertz CT molecular complexity index is 1180. The molecule has 1 aromatic heterocycles. The molecule has 0 saturated carbocycles. The van der Waals surface area contributed by atoms with Gasteiger partial charge in [-0.2, -0.15) is 0 Å². The second-order valence-corrected chi connectivity index (χ2v) is 7.96. The van der Waals surface area contributed by atoms with E-state index in [0.717, 1.165) is 11.1 Å². The minimum absolute atomic E-state index is 0.0111. The van der Waals surface area contributed by atoms with Crippen molar-refractivity contribution in [2.75, 3.05) is 26.0 Å². The van der Waals surface area contributed by atoms with E-state index in [1.807, 2.05) is 6.92 Å². The summed E-state index contributed by atoms with van der Waals surface area (Å²) in [6, 6.07) is 6.21. The number of nitrogen functional groups attached to an aromatic ring is 1. The smallest absolute Gasteiger partial charge is 0.166 e. The van der Waals surface area contributed by atoms with Gasteiger partial charge >= 0.3 is 0 Å². The average molecular weight is 451 g/mol. The zero-order valence-corrected chi connectivity index (χ0v) is 18.6. The molecule has 0 amide bonds. The lowest BCUT2D eigenvalue weighted by Crippen LogP contribution is -2.33. The van der Waals surface area contributed by atoms with Gasteiger partial charge in [0.15, 0.2) is 11.6 Å². The molecule has 0 radical (unpaired) electrons. The molecular formula is C24H27FN6O2. The van der Waals surface area contributed by atoms with E-state index in [-0.39, 0.29) is 11.9 Å². The fourth-order valence-electron chi connectivity index (χ4n) is 3.84. The van der Waals surface area contributed by atoms with Crippen molar-refractivity contribution in [1.29, 1.82) is 0 Å². The summed E-state index contributed by atoms with van der Waals surface area (Å²) in [5.74, 6) is 0.185. The van der Waals surface area contributed by atoms with Crippen molar-refractivity contribution in [3.8, 4) is 5.75 Å². The van der Waals surface area contributed by atoms with Gasteiger partial charge in [0.1, 0.15) is 11.9 Å². The highest BCUT2D eigenvalue weighted by Crippen LogP contribution is 2.34. The lowest BCUT2D eigenvalue weighted by molar-refractivity contribution is 0.0133. The fourth-order valence-corrected chi connectivity index (χ4v) is 3.84. The number of ether oxygens (including phenoxy) is 2. The molecule has 4 rings (SSSR count). The summed E-state index contributed by atoms with van der Waals surface area (Å²) >= 11 is 0. The summed E-state index contributed by atoms with van der Waals surface area (Å²) < 4.78 is 25.6. The molecule has 1 fully saturated rings. The molecule has 33 heavy (non-hydrogen) atoms. The third-order valence-electron chi connectivity index (χ3n) is 5.65. The highest BCUT2D eigenvalue weighted by atomic mass is 19.1. The molecule has 0 spiro atoms. The molecule has 6 N–H and O–H groups in total. The van der Waals surface area contributed by atoms with Gasteiger partial charge in [-0.1, -0.05) is 0 Å². The van der Waals surface area contributed by atoms with Crippen molar-refractivity contribution in [1.82, 2.24) is 4.98 Å². The number of benzene rings is 1. The molecule has 0 unspecified atom stereocenters. The highest BCUT2D eigenvalue weighted by molar-refractivity contribution is 6.14. The molecule has 2 bridgehead atoms. The second-order valence-electron chi connectivity index (χ2n) is 7.96. The molecule has 1 atom stereocenters. The van der Waals surface area contributed by atoms with Gasteiger partial charge in [0.25, 0.3) is 0 Å². The number of halogens is 1. The Morgan fingerprint density at radius 3 is 2.67 bits per heavy atom. The quantitative estimate of drug-likeness (QED) is 0.602. The molecule has 8 nitrogen and oxygen atoms in total. The summed E-state index contributed by atoms with van der Waals surface area (Å²) in [5.41, 5.74) is 23.3. The molecule has 1 aromatic carbocycles. The van der Waals surface area contributed by atoms with Gasteiger partial charge in [-0.15, -0.1) is 0 Å². The van der Waals surface area contributed by atoms with E-state index in [2.05, 4.69) is 9.98 Å². The lowest BCUT2D eigenvalue weighted by Gasteiger charge is -2.25. The van der Waals surface area contributed by atoms with Crippen molar-refractivity contribution in [2.45, 2.75) is 25.5 Å². The molecule has 0 aliphatic carbocycles. The van der Waals surface area contributed by atoms with Crippen LogP contribution < -0.4 is 21.9 Å². The first-order chi connectivity index (χ1) is 15.9. The van der Waals surface area contributed by atoms with Crippen LogP contribution >= 0.6 is 0 Å². The van der Waals surface area contributed by atoms with Crippen LogP contribution in [0.5, 0.6) is 5.75 Å². The predicted molar refractivity (Wildman–Crippen MR) is 128 cm³/mol. The van der Waals surface area contributed by atoms with Crippen LogP contribution in [0.4, 0.5) is 10.2 Å². The summed E-state index contributed by atoms with van der Waals surface area (Å²) in [6.07, 6.45) is 4.62. The first-order valence-electron chi connectivity index (χ1n) is 10.6. The van der Waals surface area contributed by atoms with Gasteiger partial charge in [0.2, 0.25) is 0 Å². The summed E-state index contributed by atoms with van der Waals surface area (Å²) in [7, 11) is 1.66.